The van der Waals surface area contributed by atoms with E-state index in [4.69, 9.17) is 5.26 Å². The average Bonchev–Trinajstić information content (AvgIpc) is 2.92. The van der Waals surface area contributed by atoms with Crippen LogP contribution in [0.3, 0.4) is 0 Å². The number of rotatable bonds is 5. The second-order valence-electron chi connectivity index (χ2n) is 5.07. The van der Waals surface area contributed by atoms with Crippen LogP contribution in [0.15, 0.2) is 23.1 Å². The lowest BCUT2D eigenvalue weighted by molar-refractivity contribution is 0.539. The maximum atomic E-state index is 12.3. The van der Waals surface area contributed by atoms with Gasteiger partial charge < -0.3 is 5.32 Å². The van der Waals surface area contributed by atoms with Crippen molar-refractivity contribution in [1.82, 2.24) is 10.0 Å². The first-order valence-corrected chi connectivity index (χ1v) is 8.25. The molecule has 0 aliphatic carbocycles. The fraction of sp³-hybridized carbons (Fsp3) is 0.500. The minimum atomic E-state index is -3.54. The van der Waals surface area contributed by atoms with Crippen LogP contribution >= 0.6 is 12.4 Å². The third kappa shape index (κ3) is 4.68. The topological polar surface area (TPSA) is 82.0 Å². The van der Waals surface area contributed by atoms with Crippen LogP contribution in [0, 0.1) is 18.3 Å². The predicted molar refractivity (Wildman–Crippen MR) is 84.0 cm³/mol. The van der Waals surface area contributed by atoms with Gasteiger partial charge in [-0.1, -0.05) is 6.07 Å². The fourth-order valence-corrected chi connectivity index (χ4v) is 3.72. The van der Waals surface area contributed by atoms with Gasteiger partial charge in [-0.05, 0) is 50.4 Å². The minimum Gasteiger partial charge on any atom is -0.314 e. The monoisotopic (exact) mass is 329 g/mol. The quantitative estimate of drug-likeness (QED) is 0.861. The van der Waals surface area contributed by atoms with Crippen molar-refractivity contribution in [2.24, 2.45) is 0 Å². The van der Waals surface area contributed by atoms with E-state index < -0.39 is 10.0 Å². The van der Waals surface area contributed by atoms with E-state index in [1.54, 1.807) is 19.1 Å². The molecule has 1 saturated heterocycles. The molecule has 0 radical (unpaired) electrons. The molecule has 1 aromatic rings. The summed E-state index contributed by atoms with van der Waals surface area (Å²) in [5.41, 5.74) is 1.00. The first-order chi connectivity index (χ1) is 9.53. The molecule has 1 aliphatic rings. The van der Waals surface area contributed by atoms with Crippen LogP contribution < -0.4 is 10.0 Å². The van der Waals surface area contributed by atoms with Crippen molar-refractivity contribution in [3.05, 3.63) is 29.3 Å². The number of halogens is 1. The van der Waals surface area contributed by atoms with E-state index in [0.717, 1.165) is 25.8 Å². The average molecular weight is 330 g/mol. The highest BCUT2D eigenvalue weighted by Crippen LogP contribution is 2.17. The molecule has 7 heteroatoms. The van der Waals surface area contributed by atoms with Crippen LogP contribution in [0.2, 0.25) is 0 Å². The molecule has 1 aromatic carbocycles. The van der Waals surface area contributed by atoms with Gasteiger partial charge in [0.1, 0.15) is 0 Å². The van der Waals surface area contributed by atoms with Gasteiger partial charge in [0.15, 0.2) is 0 Å². The van der Waals surface area contributed by atoms with E-state index in [1.807, 2.05) is 6.07 Å². The van der Waals surface area contributed by atoms with Gasteiger partial charge in [-0.2, -0.15) is 5.26 Å². The molecule has 116 valence electrons. The number of aryl methyl sites for hydroxylation is 1. The van der Waals surface area contributed by atoms with Crippen LogP contribution in [0.25, 0.3) is 0 Å². The van der Waals surface area contributed by atoms with E-state index in [9.17, 15) is 8.42 Å². The van der Waals surface area contributed by atoms with Crippen LogP contribution in [0.4, 0.5) is 0 Å². The Morgan fingerprint density at radius 2 is 2.24 bits per heavy atom. The Bertz CT molecular complexity index is 620. The van der Waals surface area contributed by atoms with Gasteiger partial charge in [-0.25, -0.2) is 13.1 Å². The van der Waals surface area contributed by atoms with Crippen LogP contribution in [0.1, 0.15) is 30.4 Å². The Morgan fingerprint density at radius 3 is 2.86 bits per heavy atom. The van der Waals surface area contributed by atoms with Crippen LogP contribution in [-0.2, 0) is 10.0 Å². The maximum Gasteiger partial charge on any atom is 0.240 e. The van der Waals surface area contributed by atoms with Crippen molar-refractivity contribution in [3.8, 4) is 6.07 Å². The zero-order chi connectivity index (χ0) is 14.6. The molecular formula is C14H20ClN3O2S. The second-order valence-corrected chi connectivity index (χ2v) is 6.81. The van der Waals surface area contributed by atoms with Gasteiger partial charge in [0.25, 0.3) is 0 Å². The fourth-order valence-electron chi connectivity index (χ4n) is 2.41. The molecular weight excluding hydrogens is 310 g/mol. The van der Waals surface area contributed by atoms with Crippen molar-refractivity contribution >= 4 is 22.4 Å². The molecule has 0 amide bonds. The lowest BCUT2D eigenvalue weighted by Crippen LogP contribution is -2.31. The number of benzene rings is 1. The molecule has 2 rings (SSSR count). The Morgan fingerprint density at radius 1 is 1.48 bits per heavy atom. The molecule has 0 saturated carbocycles. The Kier molecular flexibility index (Phi) is 6.62. The predicted octanol–water partition coefficient (Wildman–Crippen LogP) is 1.71. The van der Waals surface area contributed by atoms with Crippen molar-refractivity contribution in [1.29, 1.82) is 5.26 Å². The van der Waals surface area contributed by atoms with E-state index in [1.165, 1.54) is 6.07 Å². The lowest BCUT2D eigenvalue weighted by Gasteiger charge is -2.12. The summed E-state index contributed by atoms with van der Waals surface area (Å²) in [7, 11) is -3.54. The normalized spacial score (nSPS) is 18.0. The van der Waals surface area contributed by atoms with Gasteiger partial charge >= 0.3 is 0 Å². The lowest BCUT2D eigenvalue weighted by atomic mass is 10.2. The SMILES string of the molecule is Cc1ccc(C#N)cc1S(=O)(=O)NCC[C@H]1CCCN1.Cl. The zero-order valence-electron chi connectivity index (χ0n) is 11.9. The van der Waals surface area contributed by atoms with E-state index in [2.05, 4.69) is 10.0 Å². The second kappa shape index (κ2) is 7.76. The summed E-state index contributed by atoms with van der Waals surface area (Å²) in [5.74, 6) is 0. The summed E-state index contributed by atoms with van der Waals surface area (Å²) in [6, 6.07) is 7.07. The standard InChI is InChI=1S/C14H19N3O2S.ClH/c1-11-4-5-12(10-15)9-14(11)20(18,19)17-8-6-13-3-2-7-16-13;/h4-5,9,13,16-17H,2-3,6-8H2,1H3;1H/t13-;/m1./s1. The summed E-state index contributed by atoms with van der Waals surface area (Å²) in [5, 5.41) is 12.2. The van der Waals surface area contributed by atoms with E-state index in [0.29, 0.717) is 23.7 Å². The molecule has 0 aromatic heterocycles. The van der Waals surface area contributed by atoms with Gasteiger partial charge in [-0.3, -0.25) is 0 Å². The van der Waals surface area contributed by atoms with E-state index >= 15 is 0 Å². The largest absolute Gasteiger partial charge is 0.314 e. The molecule has 0 spiro atoms. The highest BCUT2D eigenvalue weighted by atomic mass is 35.5. The molecule has 1 heterocycles. The van der Waals surface area contributed by atoms with Gasteiger partial charge in [0.2, 0.25) is 10.0 Å². The first-order valence-electron chi connectivity index (χ1n) is 6.77. The summed E-state index contributed by atoms with van der Waals surface area (Å²) >= 11 is 0. The third-order valence-electron chi connectivity index (χ3n) is 3.55. The smallest absolute Gasteiger partial charge is 0.240 e. The molecule has 1 atom stereocenters. The van der Waals surface area contributed by atoms with Gasteiger partial charge in [0.05, 0.1) is 16.5 Å². The third-order valence-corrected chi connectivity index (χ3v) is 5.16. The van der Waals surface area contributed by atoms with E-state index in [-0.39, 0.29) is 17.3 Å². The maximum absolute atomic E-state index is 12.3. The van der Waals surface area contributed by atoms with Crippen molar-refractivity contribution in [2.75, 3.05) is 13.1 Å². The Balaban J connectivity index is 0.00000220. The summed E-state index contributed by atoms with van der Waals surface area (Å²) in [6.07, 6.45) is 3.04. The Labute approximate surface area is 132 Å². The van der Waals surface area contributed by atoms with Crippen LogP contribution in [0.5, 0.6) is 0 Å². The summed E-state index contributed by atoms with van der Waals surface area (Å²) in [6.45, 7) is 3.16. The highest BCUT2D eigenvalue weighted by molar-refractivity contribution is 7.89. The molecule has 2 N–H and O–H groups in total. The van der Waals surface area contributed by atoms with Crippen molar-refractivity contribution < 1.29 is 8.42 Å². The molecule has 21 heavy (non-hydrogen) atoms. The molecule has 0 unspecified atom stereocenters. The van der Waals surface area contributed by atoms with Crippen molar-refractivity contribution in [2.45, 2.75) is 37.1 Å². The number of sulfonamides is 1. The van der Waals surface area contributed by atoms with Gasteiger partial charge in [-0.15, -0.1) is 12.4 Å². The Hall–Kier alpha value is -1.13. The highest BCUT2D eigenvalue weighted by Gasteiger charge is 2.19. The molecule has 1 aliphatic heterocycles. The molecule has 0 bridgehead atoms. The van der Waals surface area contributed by atoms with Crippen molar-refractivity contribution in [3.63, 3.8) is 0 Å². The first kappa shape index (κ1) is 17.9. The van der Waals surface area contributed by atoms with Gasteiger partial charge in [0, 0.05) is 12.6 Å². The zero-order valence-corrected chi connectivity index (χ0v) is 13.6. The molecule has 5 nitrogen and oxygen atoms in total. The number of hydrogen-bond acceptors (Lipinski definition) is 4. The summed E-state index contributed by atoms with van der Waals surface area (Å²) < 4.78 is 27.1. The molecule has 1 fully saturated rings. The number of nitrogens with one attached hydrogen (secondary N) is 2. The number of nitrogens with zero attached hydrogens (tertiary/aromatic N) is 1. The number of hydrogen-bond donors (Lipinski definition) is 2. The number of nitriles is 1. The summed E-state index contributed by atoms with van der Waals surface area (Å²) in [4.78, 5) is 0.191. The minimum absolute atomic E-state index is 0. The van der Waals surface area contributed by atoms with Crippen LogP contribution in [-0.4, -0.2) is 27.5 Å².